The van der Waals surface area contributed by atoms with Gasteiger partial charge in [0.1, 0.15) is 0 Å². The summed E-state index contributed by atoms with van der Waals surface area (Å²) in [6.45, 7) is 8.50. The zero-order valence-electron chi connectivity index (χ0n) is 10.2. The number of likely N-dealkylation sites (N-methyl/N-ethyl adjacent to an activating group) is 1. The highest BCUT2D eigenvalue weighted by atomic mass is 35.5. The lowest BCUT2D eigenvalue weighted by molar-refractivity contribution is 0.123. The van der Waals surface area contributed by atoms with Crippen LogP contribution in [0.5, 0.6) is 0 Å². The molecule has 0 heterocycles. The normalized spacial score (nSPS) is 12.8. The topological polar surface area (TPSA) is 21.3 Å². The molecular weight excluding hydrogens is 222 g/mol. The first-order valence-electron chi connectivity index (χ1n) is 5.75. The van der Waals surface area contributed by atoms with Gasteiger partial charge in [0, 0.05) is 11.6 Å². The van der Waals surface area contributed by atoms with Crippen molar-refractivity contribution in [2.24, 2.45) is 0 Å². The molecule has 1 rings (SSSR count). The molecule has 1 atom stereocenters. The molecule has 0 aliphatic carbocycles. The summed E-state index contributed by atoms with van der Waals surface area (Å²) in [7, 11) is 0. The molecule has 1 N–H and O–H groups in total. The van der Waals surface area contributed by atoms with Crippen LogP contribution in [0, 0.1) is 6.92 Å². The Labute approximate surface area is 103 Å². The molecule has 1 unspecified atom stereocenters. The molecule has 0 amide bonds. The summed E-state index contributed by atoms with van der Waals surface area (Å²) in [6, 6.07) is 6.34. The number of halogens is 1. The molecule has 0 saturated carbocycles. The van der Waals surface area contributed by atoms with Gasteiger partial charge >= 0.3 is 0 Å². The molecule has 0 spiro atoms. The largest absolute Gasteiger partial charge is 0.380 e. The van der Waals surface area contributed by atoms with E-state index in [-0.39, 0.29) is 6.04 Å². The second kappa shape index (κ2) is 6.89. The Morgan fingerprint density at radius 3 is 2.62 bits per heavy atom. The van der Waals surface area contributed by atoms with Crippen LogP contribution in [0.3, 0.4) is 0 Å². The third-order valence-electron chi connectivity index (χ3n) is 2.41. The van der Waals surface area contributed by atoms with Crippen molar-refractivity contribution in [1.82, 2.24) is 5.32 Å². The third-order valence-corrected chi connectivity index (χ3v) is 2.62. The maximum absolute atomic E-state index is 6.06. The number of hydrogen-bond acceptors (Lipinski definition) is 2. The first-order chi connectivity index (χ1) is 7.67. The second-order valence-electron chi connectivity index (χ2n) is 3.83. The summed E-state index contributed by atoms with van der Waals surface area (Å²) in [5.74, 6) is 0. The fraction of sp³-hybridized carbons (Fsp3) is 0.538. The van der Waals surface area contributed by atoms with Gasteiger partial charge < -0.3 is 10.1 Å². The second-order valence-corrected chi connectivity index (χ2v) is 4.27. The molecule has 0 aliphatic heterocycles. The van der Waals surface area contributed by atoms with Gasteiger partial charge in [-0.25, -0.2) is 0 Å². The van der Waals surface area contributed by atoms with Crippen LogP contribution in [0.1, 0.15) is 31.0 Å². The first-order valence-corrected chi connectivity index (χ1v) is 6.13. The molecule has 0 fully saturated rings. The van der Waals surface area contributed by atoms with Crippen LogP contribution in [0.2, 0.25) is 5.02 Å². The first kappa shape index (κ1) is 13.5. The predicted octanol–water partition coefficient (Wildman–Crippen LogP) is 3.34. The summed E-state index contributed by atoms with van der Waals surface area (Å²) in [4.78, 5) is 0. The lowest BCUT2D eigenvalue weighted by atomic mass is 10.0. The number of hydrogen-bond donors (Lipinski definition) is 1. The minimum atomic E-state index is 0.224. The number of ether oxygens (including phenoxy) is 1. The van der Waals surface area contributed by atoms with Crippen molar-refractivity contribution in [1.29, 1.82) is 0 Å². The molecule has 1 aromatic rings. The zero-order chi connectivity index (χ0) is 12.0. The Morgan fingerprint density at radius 2 is 2.06 bits per heavy atom. The van der Waals surface area contributed by atoms with Gasteiger partial charge in [-0.2, -0.15) is 0 Å². The van der Waals surface area contributed by atoms with Gasteiger partial charge in [0.05, 0.1) is 12.6 Å². The van der Waals surface area contributed by atoms with Gasteiger partial charge in [-0.05, 0) is 43.7 Å². The van der Waals surface area contributed by atoms with Crippen LogP contribution in [0.25, 0.3) is 0 Å². The Hall–Kier alpha value is -0.570. The van der Waals surface area contributed by atoms with E-state index in [2.05, 4.69) is 25.2 Å². The van der Waals surface area contributed by atoms with Crippen molar-refractivity contribution in [3.8, 4) is 0 Å². The van der Waals surface area contributed by atoms with Crippen molar-refractivity contribution >= 4 is 11.6 Å². The van der Waals surface area contributed by atoms with Crippen LogP contribution in [-0.4, -0.2) is 19.8 Å². The fourth-order valence-electron chi connectivity index (χ4n) is 1.72. The highest BCUT2D eigenvalue weighted by Gasteiger charge is 2.11. The van der Waals surface area contributed by atoms with E-state index in [1.54, 1.807) is 0 Å². The minimum absolute atomic E-state index is 0.224. The predicted molar refractivity (Wildman–Crippen MR) is 69.1 cm³/mol. The molecule has 0 bridgehead atoms. The lowest BCUT2D eigenvalue weighted by Gasteiger charge is -2.19. The van der Waals surface area contributed by atoms with Crippen LogP contribution >= 0.6 is 11.6 Å². The summed E-state index contributed by atoms with van der Waals surface area (Å²) in [5.41, 5.74) is 2.38. The van der Waals surface area contributed by atoms with Crippen LogP contribution in [0.4, 0.5) is 0 Å². The highest BCUT2D eigenvalue weighted by molar-refractivity contribution is 6.30. The average Bonchev–Trinajstić information content (AvgIpc) is 2.22. The molecule has 0 aromatic heterocycles. The van der Waals surface area contributed by atoms with Crippen LogP contribution in [0.15, 0.2) is 18.2 Å². The summed E-state index contributed by atoms with van der Waals surface area (Å²) < 4.78 is 5.48. The van der Waals surface area contributed by atoms with E-state index in [0.29, 0.717) is 6.61 Å². The molecule has 0 radical (unpaired) electrons. The van der Waals surface area contributed by atoms with E-state index in [1.807, 2.05) is 19.1 Å². The van der Waals surface area contributed by atoms with Crippen molar-refractivity contribution in [2.45, 2.75) is 26.8 Å². The lowest BCUT2D eigenvalue weighted by Crippen LogP contribution is -2.25. The molecule has 1 aromatic carbocycles. The van der Waals surface area contributed by atoms with E-state index in [9.17, 15) is 0 Å². The van der Waals surface area contributed by atoms with Gasteiger partial charge in [-0.1, -0.05) is 24.6 Å². The van der Waals surface area contributed by atoms with Crippen LogP contribution in [-0.2, 0) is 4.74 Å². The maximum atomic E-state index is 6.06. The molecule has 16 heavy (non-hydrogen) atoms. The van der Waals surface area contributed by atoms with Gasteiger partial charge in [0.2, 0.25) is 0 Å². The fourth-order valence-corrected chi connectivity index (χ4v) is 2.02. The summed E-state index contributed by atoms with van der Waals surface area (Å²) >= 11 is 6.06. The van der Waals surface area contributed by atoms with E-state index in [0.717, 1.165) is 18.2 Å². The van der Waals surface area contributed by atoms with Crippen molar-refractivity contribution < 1.29 is 4.74 Å². The Kier molecular flexibility index (Phi) is 5.81. The van der Waals surface area contributed by atoms with E-state index < -0.39 is 0 Å². The van der Waals surface area contributed by atoms with E-state index in [1.165, 1.54) is 11.1 Å². The summed E-state index contributed by atoms with van der Waals surface area (Å²) in [5, 5.41) is 4.19. The molecule has 3 heteroatoms. The van der Waals surface area contributed by atoms with Gasteiger partial charge in [0.15, 0.2) is 0 Å². The standard InChI is InChI=1S/C13H20ClNO/c1-4-15-13(9-16-5-2)11-6-10(3)7-12(14)8-11/h6-8,13,15H,4-5,9H2,1-3H3. The SMILES string of the molecule is CCNC(COCC)c1cc(C)cc(Cl)c1. The van der Waals surface area contributed by atoms with Gasteiger partial charge in [-0.15, -0.1) is 0 Å². The minimum Gasteiger partial charge on any atom is -0.380 e. The smallest absolute Gasteiger partial charge is 0.0661 e. The molecular formula is C13H20ClNO. The van der Waals surface area contributed by atoms with E-state index >= 15 is 0 Å². The molecule has 90 valence electrons. The number of rotatable bonds is 6. The van der Waals surface area contributed by atoms with E-state index in [4.69, 9.17) is 16.3 Å². The number of nitrogens with one attached hydrogen (secondary N) is 1. The average molecular weight is 242 g/mol. The highest BCUT2D eigenvalue weighted by Crippen LogP contribution is 2.20. The number of aryl methyl sites for hydroxylation is 1. The number of benzene rings is 1. The van der Waals surface area contributed by atoms with Crippen molar-refractivity contribution in [3.63, 3.8) is 0 Å². The monoisotopic (exact) mass is 241 g/mol. The van der Waals surface area contributed by atoms with Crippen molar-refractivity contribution in [2.75, 3.05) is 19.8 Å². The third kappa shape index (κ3) is 4.12. The van der Waals surface area contributed by atoms with Gasteiger partial charge in [-0.3, -0.25) is 0 Å². The Bertz CT molecular complexity index is 307. The molecule has 2 nitrogen and oxygen atoms in total. The van der Waals surface area contributed by atoms with Gasteiger partial charge in [0.25, 0.3) is 0 Å². The van der Waals surface area contributed by atoms with Crippen LogP contribution < -0.4 is 5.32 Å². The molecule has 0 aliphatic rings. The Balaban J connectivity index is 2.82. The quantitative estimate of drug-likeness (QED) is 0.825. The maximum Gasteiger partial charge on any atom is 0.0661 e. The summed E-state index contributed by atoms with van der Waals surface area (Å²) in [6.07, 6.45) is 0. The zero-order valence-corrected chi connectivity index (χ0v) is 11.0. The Morgan fingerprint density at radius 1 is 1.31 bits per heavy atom. The molecule has 0 saturated heterocycles. The van der Waals surface area contributed by atoms with Crippen molar-refractivity contribution in [3.05, 3.63) is 34.3 Å².